The normalized spacial score (nSPS) is 13.6. The molecule has 0 saturated heterocycles. The van der Waals surface area contributed by atoms with E-state index in [0.717, 1.165) is 22.2 Å². The molecule has 0 spiro atoms. The molecule has 26 heavy (non-hydrogen) atoms. The zero-order valence-corrected chi connectivity index (χ0v) is 14.8. The first kappa shape index (κ1) is 16.6. The summed E-state index contributed by atoms with van der Waals surface area (Å²) in [5.41, 5.74) is 4.00. The van der Waals surface area contributed by atoms with Crippen LogP contribution in [0, 0.1) is 0 Å². The van der Waals surface area contributed by atoms with Crippen molar-refractivity contribution in [3.63, 3.8) is 0 Å². The van der Waals surface area contributed by atoms with Gasteiger partial charge in [-0.3, -0.25) is 9.89 Å². The highest BCUT2D eigenvalue weighted by Crippen LogP contribution is 2.30. The number of nitrogens with one attached hydrogen (secondary N) is 1. The minimum atomic E-state index is -0.183. The molecule has 0 atom stereocenters. The Morgan fingerprint density at radius 2 is 1.96 bits per heavy atom. The number of aromatic nitrogens is 2. The van der Waals surface area contributed by atoms with Gasteiger partial charge in [0.25, 0.3) is 5.91 Å². The predicted molar refractivity (Wildman–Crippen MR) is 97.7 cm³/mol. The molecule has 0 bridgehead atoms. The maximum atomic E-state index is 13.0. The van der Waals surface area contributed by atoms with E-state index in [2.05, 4.69) is 10.2 Å². The summed E-state index contributed by atoms with van der Waals surface area (Å²) in [5, 5.41) is 18.3. The highest BCUT2D eigenvalue weighted by Gasteiger charge is 2.26. The number of rotatable bonds is 4. The van der Waals surface area contributed by atoms with Crippen LogP contribution in [0.15, 0.2) is 36.4 Å². The van der Waals surface area contributed by atoms with Gasteiger partial charge in [0.05, 0.1) is 29.5 Å². The standard InChI is InChI=1S/C20H21N3O3/c1-12(2)26-11-18-15-7-16(19(24)8-17(15)21-22-18)20(25)23-9-13-5-3-4-6-14(13)10-23/h3-8,12,24H,9-11H2,1-2H3,(H,21,22). The Morgan fingerprint density at radius 3 is 2.62 bits per heavy atom. The topological polar surface area (TPSA) is 78.5 Å². The summed E-state index contributed by atoms with van der Waals surface area (Å²) in [7, 11) is 0. The van der Waals surface area contributed by atoms with E-state index in [1.807, 2.05) is 38.1 Å². The van der Waals surface area contributed by atoms with Gasteiger partial charge in [-0.25, -0.2) is 0 Å². The van der Waals surface area contributed by atoms with Gasteiger partial charge in [0.1, 0.15) is 5.75 Å². The Bertz CT molecular complexity index is 953. The van der Waals surface area contributed by atoms with Crippen LogP contribution in [0.2, 0.25) is 0 Å². The molecule has 2 heterocycles. The number of phenols is 1. The fourth-order valence-electron chi connectivity index (χ4n) is 3.28. The Hall–Kier alpha value is -2.86. The van der Waals surface area contributed by atoms with Gasteiger partial charge in [0.2, 0.25) is 0 Å². The number of benzene rings is 2. The zero-order valence-electron chi connectivity index (χ0n) is 14.8. The first-order valence-corrected chi connectivity index (χ1v) is 8.70. The lowest BCUT2D eigenvalue weighted by Gasteiger charge is -2.16. The third kappa shape index (κ3) is 2.93. The molecule has 1 aromatic heterocycles. The van der Waals surface area contributed by atoms with Crippen LogP contribution in [0.4, 0.5) is 0 Å². The van der Waals surface area contributed by atoms with E-state index in [4.69, 9.17) is 4.74 Å². The minimum absolute atomic E-state index is 0.0544. The Labute approximate surface area is 151 Å². The number of ether oxygens (including phenoxy) is 1. The lowest BCUT2D eigenvalue weighted by molar-refractivity contribution is 0.0642. The summed E-state index contributed by atoms with van der Waals surface area (Å²) in [6.07, 6.45) is 0.0923. The molecular formula is C20H21N3O3. The van der Waals surface area contributed by atoms with E-state index in [9.17, 15) is 9.90 Å². The maximum absolute atomic E-state index is 13.0. The summed E-state index contributed by atoms with van der Waals surface area (Å²) in [6.45, 7) is 5.42. The molecular weight excluding hydrogens is 330 g/mol. The maximum Gasteiger partial charge on any atom is 0.258 e. The van der Waals surface area contributed by atoms with Crippen LogP contribution in [0.5, 0.6) is 5.75 Å². The minimum Gasteiger partial charge on any atom is -0.507 e. The van der Waals surface area contributed by atoms with Crippen molar-refractivity contribution in [3.8, 4) is 5.75 Å². The second kappa shape index (κ2) is 6.46. The number of amides is 1. The van der Waals surface area contributed by atoms with Crippen molar-refractivity contribution in [2.24, 2.45) is 0 Å². The number of aromatic amines is 1. The molecule has 0 aliphatic carbocycles. The van der Waals surface area contributed by atoms with Gasteiger partial charge >= 0.3 is 0 Å². The van der Waals surface area contributed by atoms with Crippen LogP contribution in [-0.2, 0) is 24.4 Å². The fraction of sp³-hybridized carbons (Fsp3) is 0.300. The molecule has 2 N–H and O–H groups in total. The first-order chi connectivity index (χ1) is 12.5. The van der Waals surface area contributed by atoms with Gasteiger partial charge < -0.3 is 14.7 Å². The predicted octanol–water partition coefficient (Wildman–Crippen LogP) is 3.35. The average Bonchev–Trinajstić information content (AvgIpc) is 3.22. The van der Waals surface area contributed by atoms with E-state index >= 15 is 0 Å². The van der Waals surface area contributed by atoms with Crippen LogP contribution in [0.25, 0.3) is 10.9 Å². The number of aromatic hydroxyl groups is 1. The molecule has 1 aliphatic rings. The number of carbonyl (C=O) groups excluding carboxylic acids is 1. The van der Waals surface area contributed by atoms with E-state index in [1.54, 1.807) is 11.0 Å². The van der Waals surface area contributed by atoms with Crippen LogP contribution < -0.4 is 0 Å². The molecule has 0 saturated carbocycles. The van der Waals surface area contributed by atoms with E-state index in [0.29, 0.717) is 25.2 Å². The van der Waals surface area contributed by atoms with Crippen LogP contribution in [0.1, 0.15) is 41.0 Å². The van der Waals surface area contributed by atoms with E-state index < -0.39 is 0 Å². The Morgan fingerprint density at radius 1 is 1.27 bits per heavy atom. The van der Waals surface area contributed by atoms with Gasteiger partial charge in [-0.05, 0) is 31.0 Å². The Kier molecular flexibility index (Phi) is 4.12. The smallest absolute Gasteiger partial charge is 0.258 e. The molecule has 6 nitrogen and oxygen atoms in total. The second-order valence-electron chi connectivity index (χ2n) is 6.88. The first-order valence-electron chi connectivity index (χ1n) is 8.70. The number of fused-ring (bicyclic) bond motifs is 2. The van der Waals surface area contributed by atoms with E-state index in [-0.39, 0.29) is 23.3 Å². The van der Waals surface area contributed by atoms with Crippen molar-refractivity contribution in [1.82, 2.24) is 15.1 Å². The summed E-state index contributed by atoms with van der Waals surface area (Å²) in [6, 6.07) is 11.2. The van der Waals surface area contributed by atoms with Crippen molar-refractivity contribution in [2.45, 2.75) is 39.6 Å². The number of nitrogens with zero attached hydrogens (tertiary/aromatic N) is 2. The number of phenolic OH excluding ortho intramolecular Hbond substituents is 1. The molecule has 1 aliphatic heterocycles. The quantitative estimate of drug-likeness (QED) is 0.755. The lowest BCUT2D eigenvalue weighted by atomic mass is 10.1. The molecule has 2 aromatic carbocycles. The molecule has 6 heteroatoms. The van der Waals surface area contributed by atoms with Gasteiger partial charge in [0, 0.05) is 24.5 Å². The summed E-state index contributed by atoms with van der Waals surface area (Å²) in [5.74, 6) is -0.237. The molecule has 0 radical (unpaired) electrons. The van der Waals surface area contributed by atoms with Crippen molar-refractivity contribution >= 4 is 16.8 Å². The van der Waals surface area contributed by atoms with Crippen molar-refractivity contribution < 1.29 is 14.6 Å². The number of hydrogen-bond donors (Lipinski definition) is 2. The van der Waals surface area contributed by atoms with Crippen molar-refractivity contribution in [3.05, 3.63) is 58.8 Å². The van der Waals surface area contributed by atoms with Gasteiger partial charge in [-0.2, -0.15) is 5.10 Å². The molecule has 0 fully saturated rings. The summed E-state index contributed by atoms with van der Waals surface area (Å²) >= 11 is 0. The highest BCUT2D eigenvalue weighted by molar-refractivity contribution is 6.01. The monoisotopic (exact) mass is 351 g/mol. The largest absolute Gasteiger partial charge is 0.507 e. The van der Waals surface area contributed by atoms with Crippen LogP contribution >= 0.6 is 0 Å². The lowest BCUT2D eigenvalue weighted by Crippen LogP contribution is -2.25. The average molecular weight is 351 g/mol. The fourth-order valence-corrected chi connectivity index (χ4v) is 3.28. The van der Waals surface area contributed by atoms with Gasteiger partial charge in [0.15, 0.2) is 0 Å². The van der Waals surface area contributed by atoms with Gasteiger partial charge in [-0.1, -0.05) is 24.3 Å². The number of hydrogen-bond acceptors (Lipinski definition) is 4. The molecule has 1 amide bonds. The highest BCUT2D eigenvalue weighted by atomic mass is 16.5. The third-order valence-electron chi connectivity index (χ3n) is 4.67. The zero-order chi connectivity index (χ0) is 18.3. The summed E-state index contributed by atoms with van der Waals surface area (Å²) in [4.78, 5) is 14.7. The van der Waals surface area contributed by atoms with E-state index in [1.165, 1.54) is 6.07 Å². The molecule has 0 unspecified atom stereocenters. The third-order valence-corrected chi connectivity index (χ3v) is 4.67. The molecule has 4 rings (SSSR count). The van der Waals surface area contributed by atoms with Crippen molar-refractivity contribution in [2.75, 3.05) is 0 Å². The van der Waals surface area contributed by atoms with Gasteiger partial charge in [-0.15, -0.1) is 0 Å². The number of carbonyl (C=O) groups is 1. The van der Waals surface area contributed by atoms with Crippen LogP contribution in [-0.4, -0.2) is 32.2 Å². The SMILES string of the molecule is CC(C)OCc1[nH]nc2cc(O)c(C(=O)N3Cc4ccccc4C3)cc12. The molecule has 3 aromatic rings. The summed E-state index contributed by atoms with van der Waals surface area (Å²) < 4.78 is 5.64. The second-order valence-corrected chi connectivity index (χ2v) is 6.88. The van der Waals surface area contributed by atoms with Crippen LogP contribution in [0.3, 0.4) is 0 Å². The molecule has 134 valence electrons. The number of H-pyrrole nitrogens is 1. The van der Waals surface area contributed by atoms with Crippen molar-refractivity contribution in [1.29, 1.82) is 0 Å². The Balaban J connectivity index is 1.64.